The zero-order valence-corrected chi connectivity index (χ0v) is 12.2. The topological polar surface area (TPSA) is 47.1 Å². The van der Waals surface area contributed by atoms with Crippen molar-refractivity contribution in [2.45, 2.75) is 13.5 Å². The third-order valence-corrected chi connectivity index (χ3v) is 3.31. The van der Waals surface area contributed by atoms with Crippen LogP contribution in [0, 0.1) is 6.92 Å². The molecule has 2 aromatic rings. The fourth-order valence-corrected chi connectivity index (χ4v) is 2.31. The molecule has 2 rings (SSSR count). The first-order valence-electron chi connectivity index (χ1n) is 6.06. The number of aromatic nitrogens is 2. The Morgan fingerprint density at radius 1 is 1.47 bits per heavy atom. The fourth-order valence-electron chi connectivity index (χ4n) is 2.08. The van der Waals surface area contributed by atoms with Crippen molar-refractivity contribution in [2.75, 3.05) is 11.9 Å². The Kier molecular flexibility index (Phi) is 3.85. The van der Waals surface area contributed by atoms with Crippen LogP contribution in [0.1, 0.15) is 16.7 Å². The van der Waals surface area contributed by atoms with Crippen molar-refractivity contribution >= 4 is 22.9 Å². The Morgan fingerprint density at radius 2 is 2.21 bits per heavy atom. The van der Waals surface area contributed by atoms with E-state index in [9.17, 15) is 0 Å². The number of rotatable bonds is 4. The van der Waals surface area contributed by atoms with E-state index in [0.29, 0.717) is 4.99 Å². The SMILES string of the molecule is Cc1cc(N(C)Cc2cnn(C)c2)ccc1C(N)=S. The van der Waals surface area contributed by atoms with Gasteiger partial charge in [0.1, 0.15) is 4.99 Å². The minimum Gasteiger partial charge on any atom is -0.389 e. The van der Waals surface area contributed by atoms with E-state index < -0.39 is 0 Å². The third-order valence-electron chi connectivity index (χ3n) is 3.09. The molecule has 0 saturated heterocycles. The fraction of sp³-hybridized carbons (Fsp3) is 0.286. The zero-order valence-electron chi connectivity index (χ0n) is 11.4. The van der Waals surface area contributed by atoms with Crippen LogP contribution < -0.4 is 10.6 Å². The van der Waals surface area contributed by atoms with Crippen LogP contribution in [-0.4, -0.2) is 21.8 Å². The van der Waals surface area contributed by atoms with Crippen LogP contribution in [0.4, 0.5) is 5.69 Å². The van der Waals surface area contributed by atoms with Gasteiger partial charge in [-0.05, 0) is 30.7 Å². The lowest BCUT2D eigenvalue weighted by Crippen LogP contribution is -2.17. The van der Waals surface area contributed by atoms with Crippen LogP contribution in [0.5, 0.6) is 0 Å². The third kappa shape index (κ3) is 3.12. The summed E-state index contributed by atoms with van der Waals surface area (Å²) in [6.07, 6.45) is 3.90. The molecule has 0 aliphatic heterocycles. The molecule has 0 atom stereocenters. The summed E-state index contributed by atoms with van der Waals surface area (Å²) in [5, 5.41) is 4.17. The normalized spacial score (nSPS) is 10.5. The Morgan fingerprint density at radius 3 is 2.74 bits per heavy atom. The highest BCUT2D eigenvalue weighted by molar-refractivity contribution is 7.80. The van der Waals surface area contributed by atoms with Crippen LogP contribution in [-0.2, 0) is 13.6 Å². The molecule has 0 amide bonds. The molecule has 100 valence electrons. The summed E-state index contributed by atoms with van der Waals surface area (Å²) >= 11 is 5.02. The monoisotopic (exact) mass is 274 g/mol. The molecule has 0 spiro atoms. The molecule has 19 heavy (non-hydrogen) atoms. The molecule has 2 N–H and O–H groups in total. The van der Waals surface area contributed by atoms with Gasteiger partial charge in [0.05, 0.1) is 6.20 Å². The number of anilines is 1. The van der Waals surface area contributed by atoms with E-state index in [2.05, 4.69) is 23.1 Å². The summed E-state index contributed by atoms with van der Waals surface area (Å²) in [6.45, 7) is 2.84. The van der Waals surface area contributed by atoms with E-state index in [1.807, 2.05) is 43.2 Å². The van der Waals surface area contributed by atoms with Gasteiger partial charge in [-0.1, -0.05) is 12.2 Å². The van der Waals surface area contributed by atoms with Gasteiger partial charge < -0.3 is 10.6 Å². The molecular weight excluding hydrogens is 256 g/mol. The molecule has 0 radical (unpaired) electrons. The molecule has 4 nitrogen and oxygen atoms in total. The number of aryl methyl sites for hydroxylation is 2. The molecule has 0 fully saturated rings. The van der Waals surface area contributed by atoms with Gasteiger partial charge in [-0.25, -0.2) is 0 Å². The predicted molar refractivity (Wildman–Crippen MR) is 82.4 cm³/mol. The number of nitrogens with two attached hydrogens (primary N) is 1. The smallest absolute Gasteiger partial charge is 0.104 e. The van der Waals surface area contributed by atoms with Crippen molar-refractivity contribution in [2.24, 2.45) is 12.8 Å². The Balaban J connectivity index is 2.17. The summed E-state index contributed by atoms with van der Waals surface area (Å²) < 4.78 is 1.81. The van der Waals surface area contributed by atoms with Crippen LogP contribution in [0.25, 0.3) is 0 Å². The van der Waals surface area contributed by atoms with E-state index in [1.165, 1.54) is 5.56 Å². The van der Waals surface area contributed by atoms with Gasteiger partial charge in [-0.3, -0.25) is 4.68 Å². The highest BCUT2D eigenvalue weighted by Crippen LogP contribution is 2.19. The van der Waals surface area contributed by atoms with Gasteiger partial charge in [-0.2, -0.15) is 5.10 Å². The van der Waals surface area contributed by atoms with Crippen molar-refractivity contribution in [1.82, 2.24) is 9.78 Å². The summed E-state index contributed by atoms with van der Waals surface area (Å²) in [4.78, 5) is 2.62. The van der Waals surface area contributed by atoms with Crippen molar-refractivity contribution in [3.63, 3.8) is 0 Å². The molecule has 1 heterocycles. The second-order valence-electron chi connectivity index (χ2n) is 4.74. The van der Waals surface area contributed by atoms with Gasteiger partial charge in [0, 0.05) is 43.7 Å². The van der Waals surface area contributed by atoms with Gasteiger partial charge in [0.25, 0.3) is 0 Å². The van der Waals surface area contributed by atoms with E-state index in [4.69, 9.17) is 18.0 Å². The molecule has 5 heteroatoms. The Hall–Kier alpha value is -1.88. The summed E-state index contributed by atoms with van der Waals surface area (Å²) in [7, 11) is 3.98. The number of benzene rings is 1. The van der Waals surface area contributed by atoms with Crippen LogP contribution in [0.15, 0.2) is 30.6 Å². The lowest BCUT2D eigenvalue weighted by Gasteiger charge is -2.19. The van der Waals surface area contributed by atoms with Gasteiger partial charge in [0.2, 0.25) is 0 Å². The average Bonchev–Trinajstić information content (AvgIpc) is 2.74. The summed E-state index contributed by atoms with van der Waals surface area (Å²) in [5.41, 5.74) is 10.0. The molecule has 0 aliphatic rings. The average molecular weight is 274 g/mol. The molecule has 0 bridgehead atoms. The maximum absolute atomic E-state index is 5.67. The maximum atomic E-state index is 5.67. The van der Waals surface area contributed by atoms with Gasteiger partial charge in [-0.15, -0.1) is 0 Å². The standard InChI is InChI=1S/C14H18N4S/c1-10-6-12(4-5-13(10)14(15)19)17(2)8-11-7-16-18(3)9-11/h4-7,9H,8H2,1-3H3,(H2,15,19). The second kappa shape index (κ2) is 5.40. The largest absolute Gasteiger partial charge is 0.389 e. The first-order chi connectivity index (χ1) is 8.97. The molecule has 1 aromatic carbocycles. The maximum Gasteiger partial charge on any atom is 0.104 e. The van der Waals surface area contributed by atoms with Crippen LogP contribution in [0.2, 0.25) is 0 Å². The molecular formula is C14H18N4S. The van der Waals surface area contributed by atoms with Crippen LogP contribution in [0.3, 0.4) is 0 Å². The van der Waals surface area contributed by atoms with Crippen LogP contribution >= 0.6 is 12.2 Å². The zero-order chi connectivity index (χ0) is 14.0. The molecule has 0 unspecified atom stereocenters. The highest BCUT2D eigenvalue weighted by atomic mass is 32.1. The van der Waals surface area contributed by atoms with E-state index in [1.54, 1.807) is 0 Å². The summed E-state index contributed by atoms with van der Waals surface area (Å²) in [6, 6.07) is 6.12. The number of thiocarbonyl (C=S) groups is 1. The van der Waals surface area contributed by atoms with Gasteiger partial charge in [0.15, 0.2) is 0 Å². The van der Waals surface area contributed by atoms with Gasteiger partial charge >= 0.3 is 0 Å². The van der Waals surface area contributed by atoms with Crippen molar-refractivity contribution in [3.8, 4) is 0 Å². The quantitative estimate of drug-likeness (QED) is 0.866. The Labute approximate surface area is 118 Å². The van der Waals surface area contributed by atoms with E-state index in [0.717, 1.165) is 23.4 Å². The first-order valence-corrected chi connectivity index (χ1v) is 6.47. The number of nitrogens with zero attached hydrogens (tertiary/aromatic N) is 3. The van der Waals surface area contributed by atoms with Crippen molar-refractivity contribution in [1.29, 1.82) is 0 Å². The Bertz CT molecular complexity index is 603. The lowest BCUT2D eigenvalue weighted by molar-refractivity contribution is 0.766. The minimum absolute atomic E-state index is 0.443. The molecule has 0 saturated carbocycles. The second-order valence-corrected chi connectivity index (χ2v) is 5.18. The van der Waals surface area contributed by atoms with Crippen molar-refractivity contribution in [3.05, 3.63) is 47.3 Å². The van der Waals surface area contributed by atoms with E-state index in [-0.39, 0.29) is 0 Å². The van der Waals surface area contributed by atoms with Crippen molar-refractivity contribution < 1.29 is 0 Å². The predicted octanol–water partition coefficient (Wildman–Crippen LogP) is 2.00. The summed E-state index contributed by atoms with van der Waals surface area (Å²) in [5.74, 6) is 0. The number of hydrogen-bond acceptors (Lipinski definition) is 3. The number of hydrogen-bond donors (Lipinski definition) is 1. The molecule has 0 aliphatic carbocycles. The highest BCUT2D eigenvalue weighted by Gasteiger charge is 2.07. The minimum atomic E-state index is 0.443. The molecule has 1 aromatic heterocycles. The van der Waals surface area contributed by atoms with E-state index >= 15 is 0 Å². The first kappa shape index (κ1) is 13.5. The lowest BCUT2D eigenvalue weighted by atomic mass is 10.1.